The lowest BCUT2D eigenvalue weighted by Crippen LogP contribution is -2.31. The van der Waals surface area contributed by atoms with E-state index < -0.39 is 11.9 Å². The quantitative estimate of drug-likeness (QED) is 0.767. The van der Waals surface area contributed by atoms with Crippen LogP contribution in [0.3, 0.4) is 0 Å². The van der Waals surface area contributed by atoms with Crippen molar-refractivity contribution in [3.8, 4) is 0 Å². The average Bonchev–Trinajstić information content (AvgIpc) is 2.45. The molecule has 0 heterocycles. The van der Waals surface area contributed by atoms with Gasteiger partial charge in [0.15, 0.2) is 0 Å². The Balaban J connectivity index is 1.93. The molecular formula is C15H20N2O3. The molecule has 5 nitrogen and oxygen atoms in total. The highest BCUT2D eigenvalue weighted by Gasteiger charge is 2.30. The second-order valence-electron chi connectivity index (χ2n) is 5.31. The Labute approximate surface area is 118 Å². The fourth-order valence-electron chi connectivity index (χ4n) is 2.78. The molecule has 1 fully saturated rings. The number of carbonyl (C=O) groups is 2. The van der Waals surface area contributed by atoms with Gasteiger partial charge in [0.05, 0.1) is 5.92 Å². The predicted molar refractivity (Wildman–Crippen MR) is 76.5 cm³/mol. The van der Waals surface area contributed by atoms with Gasteiger partial charge in [-0.3, -0.25) is 9.59 Å². The highest BCUT2D eigenvalue weighted by Crippen LogP contribution is 2.30. The maximum Gasteiger partial charge on any atom is 0.306 e. The van der Waals surface area contributed by atoms with Crippen LogP contribution in [0.4, 0.5) is 5.69 Å². The number of hydrogen-bond donors (Lipinski definition) is 3. The van der Waals surface area contributed by atoms with Gasteiger partial charge in [-0.1, -0.05) is 12.8 Å². The number of benzene rings is 1. The van der Waals surface area contributed by atoms with Gasteiger partial charge in [-0.15, -0.1) is 0 Å². The van der Waals surface area contributed by atoms with E-state index in [-0.39, 0.29) is 11.8 Å². The van der Waals surface area contributed by atoms with Crippen molar-refractivity contribution >= 4 is 17.6 Å². The van der Waals surface area contributed by atoms with Crippen molar-refractivity contribution in [1.29, 1.82) is 0 Å². The molecule has 0 aliphatic heterocycles. The van der Waals surface area contributed by atoms with Gasteiger partial charge in [0.25, 0.3) is 0 Å². The van der Waals surface area contributed by atoms with Gasteiger partial charge in [-0.05, 0) is 43.0 Å². The number of anilines is 1. The molecule has 0 aromatic heterocycles. The van der Waals surface area contributed by atoms with Crippen LogP contribution in [0, 0.1) is 11.8 Å². The molecule has 4 N–H and O–H groups in total. The molecule has 2 unspecified atom stereocenters. The summed E-state index contributed by atoms with van der Waals surface area (Å²) in [6.45, 7) is 0.646. The van der Waals surface area contributed by atoms with Crippen molar-refractivity contribution in [2.45, 2.75) is 25.7 Å². The van der Waals surface area contributed by atoms with Crippen molar-refractivity contribution in [1.82, 2.24) is 0 Å². The molecule has 1 aromatic carbocycles. The van der Waals surface area contributed by atoms with Crippen LogP contribution in [0.2, 0.25) is 0 Å². The summed E-state index contributed by atoms with van der Waals surface area (Å²) in [5.74, 6) is -1.23. The lowest BCUT2D eigenvalue weighted by molar-refractivity contribution is -0.144. The third-order valence-electron chi connectivity index (χ3n) is 3.96. The zero-order chi connectivity index (χ0) is 14.5. The number of carboxylic acids is 1. The molecule has 1 saturated carbocycles. The second kappa shape index (κ2) is 6.41. The summed E-state index contributed by atoms with van der Waals surface area (Å²) in [6, 6.07) is 6.91. The number of hydrogen-bond acceptors (Lipinski definition) is 3. The number of amides is 1. The Bertz CT molecular complexity index is 484. The van der Waals surface area contributed by atoms with E-state index in [1.165, 1.54) is 0 Å². The SMILES string of the molecule is NC(=O)c1ccc(NCC2CCCCC2C(=O)O)cc1. The van der Waals surface area contributed by atoms with Crippen molar-refractivity contribution in [3.05, 3.63) is 29.8 Å². The van der Waals surface area contributed by atoms with Crippen LogP contribution in [0.25, 0.3) is 0 Å². The normalized spacial score (nSPS) is 22.2. The molecule has 1 aliphatic carbocycles. The summed E-state index contributed by atoms with van der Waals surface area (Å²) in [5.41, 5.74) is 6.53. The smallest absolute Gasteiger partial charge is 0.306 e. The number of aliphatic carboxylic acids is 1. The van der Waals surface area contributed by atoms with E-state index in [4.69, 9.17) is 5.73 Å². The van der Waals surface area contributed by atoms with E-state index in [1.54, 1.807) is 24.3 Å². The highest BCUT2D eigenvalue weighted by molar-refractivity contribution is 5.93. The van der Waals surface area contributed by atoms with E-state index >= 15 is 0 Å². The minimum atomic E-state index is -0.694. The maximum absolute atomic E-state index is 11.2. The van der Waals surface area contributed by atoms with Crippen LogP contribution in [0.15, 0.2) is 24.3 Å². The van der Waals surface area contributed by atoms with Crippen molar-refractivity contribution in [3.63, 3.8) is 0 Å². The first-order chi connectivity index (χ1) is 9.58. The Morgan fingerprint density at radius 3 is 2.45 bits per heavy atom. The van der Waals surface area contributed by atoms with Gasteiger partial charge in [0.2, 0.25) is 5.91 Å². The first-order valence-electron chi connectivity index (χ1n) is 6.94. The van der Waals surface area contributed by atoms with E-state index in [0.29, 0.717) is 12.1 Å². The van der Waals surface area contributed by atoms with Crippen LogP contribution >= 0.6 is 0 Å². The molecule has 20 heavy (non-hydrogen) atoms. The number of primary amides is 1. The van der Waals surface area contributed by atoms with Crippen molar-refractivity contribution in [2.75, 3.05) is 11.9 Å². The summed E-state index contributed by atoms with van der Waals surface area (Å²) < 4.78 is 0. The molecule has 0 radical (unpaired) electrons. The summed E-state index contributed by atoms with van der Waals surface area (Å²) in [6.07, 6.45) is 3.81. The molecule has 1 aliphatic rings. The molecule has 1 amide bonds. The van der Waals surface area contributed by atoms with E-state index in [0.717, 1.165) is 31.4 Å². The number of nitrogens with one attached hydrogen (secondary N) is 1. The second-order valence-corrected chi connectivity index (χ2v) is 5.31. The van der Waals surface area contributed by atoms with E-state index in [1.807, 2.05) is 0 Å². The highest BCUT2D eigenvalue weighted by atomic mass is 16.4. The van der Waals surface area contributed by atoms with Gasteiger partial charge in [-0.2, -0.15) is 0 Å². The zero-order valence-corrected chi connectivity index (χ0v) is 11.3. The number of nitrogens with two attached hydrogens (primary N) is 1. The molecule has 0 bridgehead atoms. The summed E-state index contributed by atoms with van der Waals surface area (Å²) >= 11 is 0. The lowest BCUT2D eigenvalue weighted by atomic mass is 9.79. The van der Waals surface area contributed by atoms with Crippen molar-refractivity contribution < 1.29 is 14.7 Å². The molecule has 2 rings (SSSR count). The monoisotopic (exact) mass is 276 g/mol. The number of rotatable bonds is 5. The summed E-state index contributed by atoms with van der Waals surface area (Å²) in [7, 11) is 0. The third-order valence-corrected chi connectivity index (χ3v) is 3.96. The molecule has 108 valence electrons. The molecule has 0 saturated heterocycles. The van der Waals surface area contributed by atoms with Gasteiger partial charge >= 0.3 is 5.97 Å². The minimum Gasteiger partial charge on any atom is -0.481 e. The summed E-state index contributed by atoms with van der Waals surface area (Å²) in [5, 5.41) is 12.5. The minimum absolute atomic E-state index is 0.164. The predicted octanol–water partition coefficient (Wildman–Crippen LogP) is 2.09. The van der Waals surface area contributed by atoms with Crippen LogP contribution in [-0.2, 0) is 4.79 Å². The van der Waals surface area contributed by atoms with Crippen LogP contribution in [0.1, 0.15) is 36.0 Å². The summed E-state index contributed by atoms with van der Waals surface area (Å²) in [4.78, 5) is 22.2. The van der Waals surface area contributed by atoms with E-state index in [9.17, 15) is 14.7 Å². The Kier molecular flexibility index (Phi) is 4.61. The van der Waals surface area contributed by atoms with Gasteiger partial charge in [-0.25, -0.2) is 0 Å². The topological polar surface area (TPSA) is 92.4 Å². The first-order valence-corrected chi connectivity index (χ1v) is 6.94. The Hall–Kier alpha value is -2.04. The molecule has 5 heteroatoms. The van der Waals surface area contributed by atoms with Crippen molar-refractivity contribution in [2.24, 2.45) is 17.6 Å². The Morgan fingerprint density at radius 1 is 1.20 bits per heavy atom. The molecule has 1 aromatic rings. The van der Waals surface area contributed by atoms with Crippen LogP contribution < -0.4 is 11.1 Å². The average molecular weight is 276 g/mol. The number of carboxylic acid groups (broad SMARTS) is 1. The van der Waals surface area contributed by atoms with E-state index in [2.05, 4.69) is 5.32 Å². The maximum atomic E-state index is 11.2. The van der Waals surface area contributed by atoms with Gasteiger partial charge in [0, 0.05) is 17.8 Å². The largest absolute Gasteiger partial charge is 0.481 e. The van der Waals surface area contributed by atoms with Crippen LogP contribution in [0.5, 0.6) is 0 Å². The fraction of sp³-hybridized carbons (Fsp3) is 0.467. The lowest BCUT2D eigenvalue weighted by Gasteiger charge is -2.28. The molecular weight excluding hydrogens is 256 g/mol. The molecule has 2 atom stereocenters. The third kappa shape index (κ3) is 3.50. The molecule has 0 spiro atoms. The van der Waals surface area contributed by atoms with Crippen LogP contribution in [-0.4, -0.2) is 23.5 Å². The van der Waals surface area contributed by atoms with Gasteiger partial charge in [0.1, 0.15) is 0 Å². The standard InChI is InChI=1S/C15H20N2O3/c16-14(18)10-5-7-12(8-6-10)17-9-11-3-1-2-4-13(11)15(19)20/h5-8,11,13,17H,1-4,9H2,(H2,16,18)(H,19,20). The number of carbonyl (C=O) groups excluding carboxylic acids is 1. The zero-order valence-electron chi connectivity index (χ0n) is 11.3. The van der Waals surface area contributed by atoms with Gasteiger partial charge < -0.3 is 16.2 Å². The Morgan fingerprint density at radius 2 is 1.85 bits per heavy atom. The first kappa shape index (κ1) is 14.4. The fourth-order valence-corrected chi connectivity index (χ4v) is 2.78.